The van der Waals surface area contributed by atoms with E-state index in [9.17, 15) is 22.8 Å². The number of rotatable bonds is 3. The van der Waals surface area contributed by atoms with E-state index in [1.807, 2.05) is 19.1 Å². The van der Waals surface area contributed by atoms with Crippen molar-refractivity contribution >= 4 is 11.8 Å². The van der Waals surface area contributed by atoms with Gasteiger partial charge in [0.1, 0.15) is 5.75 Å². The molecule has 8 heteroatoms. The molecule has 0 spiro atoms. The summed E-state index contributed by atoms with van der Waals surface area (Å²) in [4.78, 5) is 25.6. The van der Waals surface area contributed by atoms with Gasteiger partial charge in [0.15, 0.2) is 6.61 Å². The first-order valence-corrected chi connectivity index (χ1v) is 7.61. The molecule has 1 aliphatic heterocycles. The molecule has 1 fully saturated rings. The van der Waals surface area contributed by atoms with Crippen LogP contribution in [-0.2, 0) is 9.59 Å². The zero-order valence-electron chi connectivity index (χ0n) is 13.3. The van der Waals surface area contributed by atoms with E-state index in [4.69, 9.17) is 4.74 Å². The summed E-state index contributed by atoms with van der Waals surface area (Å²) in [6, 6.07) is 7.20. The molecule has 1 aliphatic rings. The van der Waals surface area contributed by atoms with Gasteiger partial charge in [-0.15, -0.1) is 0 Å². The number of ether oxygens (including phenoxy) is 1. The molecule has 1 saturated heterocycles. The molecule has 0 atom stereocenters. The van der Waals surface area contributed by atoms with Crippen molar-refractivity contribution in [3.8, 4) is 5.75 Å². The van der Waals surface area contributed by atoms with Gasteiger partial charge in [-0.2, -0.15) is 13.2 Å². The average Bonchev–Trinajstić information content (AvgIpc) is 2.78. The molecule has 2 amide bonds. The third kappa shape index (κ3) is 4.87. The van der Waals surface area contributed by atoms with Gasteiger partial charge in [-0.1, -0.05) is 17.7 Å². The predicted octanol–water partition coefficient (Wildman–Crippen LogP) is 2.00. The quantitative estimate of drug-likeness (QED) is 0.843. The largest absolute Gasteiger partial charge is 0.484 e. The lowest BCUT2D eigenvalue weighted by Crippen LogP contribution is -2.44. The normalized spacial score (nSPS) is 15.8. The van der Waals surface area contributed by atoms with Crippen LogP contribution in [0.4, 0.5) is 13.2 Å². The fourth-order valence-electron chi connectivity index (χ4n) is 2.42. The van der Waals surface area contributed by atoms with Crippen molar-refractivity contribution in [3.05, 3.63) is 29.8 Å². The Balaban J connectivity index is 1.85. The van der Waals surface area contributed by atoms with Crippen LogP contribution < -0.4 is 4.74 Å². The first-order valence-electron chi connectivity index (χ1n) is 7.61. The Morgan fingerprint density at radius 2 is 1.62 bits per heavy atom. The van der Waals surface area contributed by atoms with Crippen molar-refractivity contribution in [2.75, 3.05) is 32.8 Å². The smallest absolute Gasteiger partial charge is 0.471 e. The number of aryl methyl sites for hydroxylation is 1. The highest BCUT2D eigenvalue weighted by Crippen LogP contribution is 2.19. The fraction of sp³-hybridized carbons (Fsp3) is 0.500. The van der Waals surface area contributed by atoms with E-state index in [-0.39, 0.29) is 32.1 Å². The van der Waals surface area contributed by atoms with Crippen LogP contribution in [0.2, 0.25) is 0 Å². The summed E-state index contributed by atoms with van der Waals surface area (Å²) >= 11 is 0. The number of nitrogens with zero attached hydrogens (tertiary/aromatic N) is 2. The Labute approximate surface area is 138 Å². The molecule has 1 aromatic rings. The van der Waals surface area contributed by atoms with Gasteiger partial charge in [-0.3, -0.25) is 9.59 Å². The number of amides is 2. The predicted molar refractivity (Wildman–Crippen MR) is 80.5 cm³/mol. The third-order valence-electron chi connectivity index (χ3n) is 3.76. The van der Waals surface area contributed by atoms with Crippen molar-refractivity contribution in [1.29, 1.82) is 0 Å². The van der Waals surface area contributed by atoms with Crippen molar-refractivity contribution < 1.29 is 27.5 Å². The van der Waals surface area contributed by atoms with Crippen molar-refractivity contribution in [2.24, 2.45) is 0 Å². The lowest BCUT2D eigenvalue weighted by Gasteiger charge is -2.23. The molecule has 1 heterocycles. The summed E-state index contributed by atoms with van der Waals surface area (Å²) in [5.74, 6) is -1.61. The molecular weight excluding hydrogens is 325 g/mol. The van der Waals surface area contributed by atoms with E-state index >= 15 is 0 Å². The van der Waals surface area contributed by atoms with E-state index < -0.39 is 12.1 Å². The molecule has 0 radical (unpaired) electrons. The maximum absolute atomic E-state index is 12.5. The number of hydrogen-bond donors (Lipinski definition) is 0. The van der Waals surface area contributed by atoms with Crippen molar-refractivity contribution in [1.82, 2.24) is 9.80 Å². The number of halogens is 3. The highest BCUT2D eigenvalue weighted by molar-refractivity contribution is 5.82. The van der Waals surface area contributed by atoms with Crippen LogP contribution in [0, 0.1) is 6.92 Å². The van der Waals surface area contributed by atoms with Gasteiger partial charge in [0.25, 0.3) is 5.91 Å². The van der Waals surface area contributed by atoms with E-state index in [0.717, 1.165) is 10.5 Å². The minimum atomic E-state index is -4.88. The molecule has 0 unspecified atom stereocenters. The third-order valence-corrected chi connectivity index (χ3v) is 3.76. The van der Waals surface area contributed by atoms with Gasteiger partial charge in [-0.05, 0) is 25.5 Å². The molecular formula is C16H19F3N2O3. The highest BCUT2D eigenvalue weighted by Gasteiger charge is 2.42. The lowest BCUT2D eigenvalue weighted by atomic mass is 10.2. The zero-order chi connectivity index (χ0) is 17.7. The molecule has 0 N–H and O–H groups in total. The Kier molecular flexibility index (Phi) is 5.69. The van der Waals surface area contributed by atoms with Crippen molar-refractivity contribution in [3.63, 3.8) is 0 Å². The van der Waals surface area contributed by atoms with Crippen LogP contribution >= 0.6 is 0 Å². The number of hydrogen-bond acceptors (Lipinski definition) is 3. The number of alkyl halides is 3. The van der Waals surface area contributed by atoms with E-state index in [0.29, 0.717) is 18.7 Å². The summed E-state index contributed by atoms with van der Waals surface area (Å²) in [5.41, 5.74) is 1.07. The van der Waals surface area contributed by atoms with Crippen LogP contribution in [-0.4, -0.2) is 60.6 Å². The van der Waals surface area contributed by atoms with Crippen LogP contribution in [0.15, 0.2) is 24.3 Å². The van der Waals surface area contributed by atoms with Crippen LogP contribution in [0.1, 0.15) is 12.0 Å². The summed E-state index contributed by atoms with van der Waals surface area (Å²) in [5, 5.41) is 0. The highest BCUT2D eigenvalue weighted by atomic mass is 19.4. The molecule has 0 bridgehead atoms. The average molecular weight is 344 g/mol. The first-order chi connectivity index (χ1) is 11.3. The van der Waals surface area contributed by atoms with Crippen LogP contribution in [0.25, 0.3) is 0 Å². The molecule has 24 heavy (non-hydrogen) atoms. The van der Waals surface area contributed by atoms with Gasteiger partial charge in [0.05, 0.1) is 0 Å². The Morgan fingerprint density at radius 1 is 1.04 bits per heavy atom. The molecule has 132 valence electrons. The molecule has 0 aromatic heterocycles. The second-order valence-electron chi connectivity index (χ2n) is 5.63. The summed E-state index contributed by atoms with van der Waals surface area (Å²) < 4.78 is 42.8. The van der Waals surface area contributed by atoms with Crippen LogP contribution in [0.3, 0.4) is 0 Å². The van der Waals surface area contributed by atoms with Gasteiger partial charge in [0.2, 0.25) is 0 Å². The minimum absolute atomic E-state index is 0.0130. The second kappa shape index (κ2) is 7.55. The minimum Gasteiger partial charge on any atom is -0.484 e. The maximum atomic E-state index is 12.5. The topological polar surface area (TPSA) is 49.9 Å². The summed E-state index contributed by atoms with van der Waals surface area (Å²) in [6.07, 6.45) is -4.58. The number of carbonyl (C=O) groups excluding carboxylic acids is 2. The van der Waals surface area contributed by atoms with E-state index in [1.54, 1.807) is 12.1 Å². The van der Waals surface area contributed by atoms with E-state index in [2.05, 4.69) is 0 Å². The Bertz CT molecular complexity index is 587. The Hall–Kier alpha value is -2.25. The molecule has 0 aliphatic carbocycles. The summed E-state index contributed by atoms with van der Waals surface area (Å²) in [7, 11) is 0. The van der Waals surface area contributed by atoms with Gasteiger partial charge >= 0.3 is 12.1 Å². The second-order valence-corrected chi connectivity index (χ2v) is 5.63. The van der Waals surface area contributed by atoms with Crippen LogP contribution in [0.5, 0.6) is 5.75 Å². The summed E-state index contributed by atoms with van der Waals surface area (Å²) in [6.45, 7) is 1.97. The maximum Gasteiger partial charge on any atom is 0.471 e. The molecule has 1 aromatic carbocycles. The zero-order valence-corrected chi connectivity index (χ0v) is 13.3. The van der Waals surface area contributed by atoms with Gasteiger partial charge in [-0.25, -0.2) is 0 Å². The monoisotopic (exact) mass is 344 g/mol. The van der Waals surface area contributed by atoms with Crippen molar-refractivity contribution in [2.45, 2.75) is 19.5 Å². The number of benzene rings is 1. The number of carbonyl (C=O) groups is 2. The van der Waals surface area contributed by atoms with Gasteiger partial charge in [0, 0.05) is 26.2 Å². The lowest BCUT2D eigenvalue weighted by molar-refractivity contribution is -0.185. The fourth-order valence-corrected chi connectivity index (χ4v) is 2.42. The van der Waals surface area contributed by atoms with E-state index in [1.165, 1.54) is 4.90 Å². The molecule has 2 rings (SSSR count). The Morgan fingerprint density at radius 3 is 2.25 bits per heavy atom. The van der Waals surface area contributed by atoms with Gasteiger partial charge < -0.3 is 14.5 Å². The SMILES string of the molecule is Cc1ccc(OCC(=O)N2CCCN(C(=O)C(F)(F)F)CC2)cc1. The first kappa shape index (κ1) is 18.1. The standard InChI is InChI=1S/C16H19F3N2O3/c1-12-3-5-13(6-4-12)24-11-14(22)20-7-2-8-21(10-9-20)15(23)16(17,18)19/h3-6H,2,7-11H2,1H3. The molecule has 5 nitrogen and oxygen atoms in total. The molecule has 0 saturated carbocycles.